The maximum Gasteiger partial charge on any atom is 0.253 e. The molecule has 0 saturated carbocycles. The van der Waals surface area contributed by atoms with E-state index in [1.165, 1.54) is 0 Å². The van der Waals surface area contributed by atoms with E-state index in [0.29, 0.717) is 44.2 Å². The van der Waals surface area contributed by atoms with Crippen molar-refractivity contribution in [3.63, 3.8) is 0 Å². The fourth-order valence-electron chi connectivity index (χ4n) is 4.51. The summed E-state index contributed by atoms with van der Waals surface area (Å²) in [5.41, 5.74) is 0.629. The number of nitrogens with zero attached hydrogens (tertiary/aromatic N) is 5. The van der Waals surface area contributed by atoms with Crippen LogP contribution in [0.4, 0.5) is 0 Å². The van der Waals surface area contributed by atoms with Gasteiger partial charge in [-0.2, -0.15) is 0 Å². The molecule has 1 atom stereocenters. The molecule has 0 bridgehead atoms. The Bertz CT molecular complexity index is 939. The van der Waals surface area contributed by atoms with Crippen molar-refractivity contribution in [2.45, 2.75) is 38.3 Å². The topological polar surface area (TPSA) is 91.6 Å². The molecule has 0 spiro atoms. The van der Waals surface area contributed by atoms with Crippen LogP contribution in [-0.2, 0) is 11.3 Å². The molecule has 2 aromatic heterocycles. The van der Waals surface area contributed by atoms with E-state index in [9.17, 15) is 14.7 Å². The zero-order valence-corrected chi connectivity index (χ0v) is 17.4. The summed E-state index contributed by atoms with van der Waals surface area (Å²) in [5, 5.41) is 10.8. The number of hydrogen-bond donors (Lipinski definition) is 1. The van der Waals surface area contributed by atoms with Crippen LogP contribution in [0.2, 0.25) is 0 Å². The lowest BCUT2D eigenvalue weighted by molar-refractivity contribution is -0.129. The number of β-amino-alcohol motifs (C(OH)–C–C–N with tert-alkyl or cyclic N) is 1. The summed E-state index contributed by atoms with van der Waals surface area (Å²) in [6.07, 6.45) is 7.62. The molecule has 2 saturated heterocycles. The first-order valence-electron chi connectivity index (χ1n) is 10.6. The molecule has 4 heterocycles. The third kappa shape index (κ3) is 4.76. The van der Waals surface area contributed by atoms with Crippen molar-refractivity contribution >= 4 is 5.91 Å². The van der Waals surface area contributed by atoms with E-state index in [1.54, 1.807) is 41.2 Å². The Hall–Kier alpha value is -2.58. The summed E-state index contributed by atoms with van der Waals surface area (Å²) < 4.78 is 1.69. The molecule has 2 aliphatic heterocycles. The molecule has 2 fully saturated rings. The summed E-state index contributed by atoms with van der Waals surface area (Å²) in [7, 11) is 0. The van der Waals surface area contributed by atoms with Crippen LogP contribution in [-0.4, -0.2) is 73.7 Å². The van der Waals surface area contributed by atoms with Gasteiger partial charge in [0, 0.05) is 50.6 Å². The Kier molecular flexibility index (Phi) is 5.97. The Balaban J connectivity index is 1.30. The number of carbonyl (C=O) groups excluding carboxylic acids is 1. The Morgan fingerprint density at radius 3 is 2.73 bits per heavy atom. The standard InChI is InChI=1S/C22H29N5O3/c1-17(28)26-10-6-22(30,15-26)14-25-8-4-18(5-9-25)13-27-16-24-20(11-21(27)29)19-3-2-7-23-12-19/h2-3,7,11-12,16,18,30H,4-6,8-10,13-15H2,1H3. The number of aromatic nitrogens is 3. The lowest BCUT2D eigenvalue weighted by Gasteiger charge is -2.36. The quantitative estimate of drug-likeness (QED) is 0.789. The summed E-state index contributed by atoms with van der Waals surface area (Å²) in [6, 6.07) is 5.29. The van der Waals surface area contributed by atoms with Gasteiger partial charge in [0.05, 0.1) is 24.2 Å². The van der Waals surface area contributed by atoms with Gasteiger partial charge in [0.2, 0.25) is 5.91 Å². The summed E-state index contributed by atoms with van der Waals surface area (Å²) in [5.74, 6) is 0.440. The molecular weight excluding hydrogens is 382 g/mol. The van der Waals surface area contributed by atoms with Gasteiger partial charge in [0.15, 0.2) is 0 Å². The van der Waals surface area contributed by atoms with E-state index in [1.807, 2.05) is 12.1 Å². The van der Waals surface area contributed by atoms with Gasteiger partial charge in [-0.15, -0.1) is 0 Å². The number of piperidine rings is 1. The SMILES string of the molecule is CC(=O)N1CCC(O)(CN2CCC(Cn3cnc(-c4cccnc4)cc3=O)CC2)C1. The van der Waals surface area contributed by atoms with Crippen LogP contribution in [0.5, 0.6) is 0 Å². The number of carbonyl (C=O) groups is 1. The predicted octanol–water partition coefficient (Wildman–Crippen LogP) is 1.00. The van der Waals surface area contributed by atoms with Crippen molar-refractivity contribution in [2.24, 2.45) is 5.92 Å². The van der Waals surface area contributed by atoms with Gasteiger partial charge in [-0.3, -0.25) is 19.1 Å². The molecule has 2 aromatic rings. The van der Waals surface area contributed by atoms with Crippen molar-refractivity contribution in [2.75, 3.05) is 32.7 Å². The van der Waals surface area contributed by atoms with Gasteiger partial charge in [-0.25, -0.2) is 4.98 Å². The first-order valence-corrected chi connectivity index (χ1v) is 10.6. The van der Waals surface area contributed by atoms with E-state index < -0.39 is 5.60 Å². The smallest absolute Gasteiger partial charge is 0.253 e. The molecule has 8 nitrogen and oxygen atoms in total. The molecule has 160 valence electrons. The van der Waals surface area contributed by atoms with Gasteiger partial charge >= 0.3 is 0 Å². The van der Waals surface area contributed by atoms with Crippen LogP contribution in [0.15, 0.2) is 41.7 Å². The molecule has 1 amide bonds. The number of hydrogen-bond acceptors (Lipinski definition) is 6. The van der Waals surface area contributed by atoms with Crippen LogP contribution in [0.3, 0.4) is 0 Å². The van der Waals surface area contributed by atoms with Crippen molar-refractivity contribution in [1.29, 1.82) is 0 Å². The van der Waals surface area contributed by atoms with Crippen LogP contribution in [0, 0.1) is 5.92 Å². The van der Waals surface area contributed by atoms with Crippen molar-refractivity contribution < 1.29 is 9.90 Å². The first-order chi connectivity index (χ1) is 14.4. The fourth-order valence-corrected chi connectivity index (χ4v) is 4.51. The number of pyridine rings is 1. The van der Waals surface area contributed by atoms with Gasteiger partial charge < -0.3 is 14.9 Å². The number of aliphatic hydroxyl groups is 1. The van der Waals surface area contributed by atoms with Crippen LogP contribution >= 0.6 is 0 Å². The highest BCUT2D eigenvalue weighted by Gasteiger charge is 2.39. The van der Waals surface area contributed by atoms with Crippen molar-refractivity contribution in [1.82, 2.24) is 24.3 Å². The Morgan fingerprint density at radius 1 is 1.30 bits per heavy atom. The van der Waals surface area contributed by atoms with Gasteiger partial charge in [0.1, 0.15) is 0 Å². The maximum atomic E-state index is 12.5. The molecule has 2 aliphatic rings. The third-order valence-corrected chi connectivity index (χ3v) is 6.29. The highest BCUT2D eigenvalue weighted by molar-refractivity contribution is 5.73. The van der Waals surface area contributed by atoms with Crippen LogP contribution in [0.25, 0.3) is 11.3 Å². The van der Waals surface area contributed by atoms with E-state index >= 15 is 0 Å². The van der Waals surface area contributed by atoms with E-state index in [2.05, 4.69) is 14.9 Å². The second-order valence-electron chi connectivity index (χ2n) is 8.64. The molecule has 0 aliphatic carbocycles. The average Bonchev–Trinajstić information content (AvgIpc) is 3.14. The molecule has 1 N–H and O–H groups in total. The number of rotatable bonds is 5. The molecule has 0 radical (unpaired) electrons. The van der Waals surface area contributed by atoms with E-state index in [0.717, 1.165) is 31.5 Å². The molecule has 30 heavy (non-hydrogen) atoms. The molecular formula is C22H29N5O3. The maximum absolute atomic E-state index is 12.5. The Labute approximate surface area is 176 Å². The minimum absolute atomic E-state index is 0.0261. The highest BCUT2D eigenvalue weighted by Crippen LogP contribution is 2.26. The lowest BCUT2D eigenvalue weighted by atomic mass is 9.94. The van der Waals surface area contributed by atoms with Crippen molar-refractivity contribution in [3.05, 3.63) is 47.3 Å². The largest absolute Gasteiger partial charge is 0.387 e. The van der Waals surface area contributed by atoms with Crippen LogP contribution in [0.1, 0.15) is 26.2 Å². The predicted molar refractivity (Wildman–Crippen MR) is 113 cm³/mol. The minimum atomic E-state index is -0.804. The summed E-state index contributed by atoms with van der Waals surface area (Å²) in [6.45, 7) is 5.66. The monoisotopic (exact) mass is 411 g/mol. The molecule has 4 rings (SSSR count). The van der Waals surface area contributed by atoms with Gasteiger partial charge in [-0.05, 0) is 50.4 Å². The average molecular weight is 412 g/mol. The van der Waals surface area contributed by atoms with Gasteiger partial charge in [0.25, 0.3) is 5.56 Å². The lowest BCUT2D eigenvalue weighted by Crippen LogP contribution is -2.48. The fraction of sp³-hybridized carbons (Fsp3) is 0.545. The van der Waals surface area contributed by atoms with Crippen molar-refractivity contribution in [3.8, 4) is 11.3 Å². The zero-order valence-electron chi connectivity index (χ0n) is 17.4. The van der Waals surface area contributed by atoms with E-state index in [4.69, 9.17) is 0 Å². The molecule has 0 aromatic carbocycles. The second-order valence-corrected chi connectivity index (χ2v) is 8.64. The van der Waals surface area contributed by atoms with Crippen LogP contribution < -0.4 is 5.56 Å². The number of likely N-dealkylation sites (tertiary alicyclic amines) is 2. The second kappa shape index (κ2) is 8.65. The molecule has 1 unspecified atom stereocenters. The third-order valence-electron chi connectivity index (χ3n) is 6.29. The highest BCUT2D eigenvalue weighted by atomic mass is 16.3. The Morgan fingerprint density at radius 2 is 2.10 bits per heavy atom. The first kappa shape index (κ1) is 20.7. The minimum Gasteiger partial charge on any atom is -0.387 e. The van der Waals surface area contributed by atoms with E-state index in [-0.39, 0.29) is 11.5 Å². The zero-order chi connectivity index (χ0) is 21.1. The number of amides is 1. The summed E-state index contributed by atoms with van der Waals surface area (Å²) >= 11 is 0. The summed E-state index contributed by atoms with van der Waals surface area (Å²) in [4.78, 5) is 36.6. The normalized spacial score (nSPS) is 23.1. The molecule has 8 heteroatoms. The van der Waals surface area contributed by atoms with Gasteiger partial charge in [-0.1, -0.05) is 0 Å².